The molecule has 0 aliphatic carbocycles. The second-order valence-electron chi connectivity index (χ2n) is 10.0. The Balaban J connectivity index is 1.39. The molecule has 5 nitrogen and oxygen atoms in total. The van der Waals surface area contributed by atoms with E-state index >= 15 is 0 Å². The first-order valence-corrected chi connectivity index (χ1v) is 14.0. The molecule has 0 N–H and O–H groups in total. The maximum atomic E-state index is 6.62. The zero-order valence-electron chi connectivity index (χ0n) is 23.1. The summed E-state index contributed by atoms with van der Waals surface area (Å²) >= 11 is 0. The van der Waals surface area contributed by atoms with E-state index in [1.165, 1.54) is 0 Å². The summed E-state index contributed by atoms with van der Waals surface area (Å²) in [5.41, 5.74) is 4.23. The lowest BCUT2D eigenvalue weighted by Gasteiger charge is -2.44. The molecule has 4 aromatic carbocycles. The molecule has 1 heterocycles. The van der Waals surface area contributed by atoms with Crippen molar-refractivity contribution < 1.29 is 23.7 Å². The predicted molar refractivity (Wildman–Crippen MR) is 159 cm³/mol. The third kappa shape index (κ3) is 8.37. The number of terminal acetylenes is 1. The first-order valence-electron chi connectivity index (χ1n) is 14.0. The van der Waals surface area contributed by atoms with Crippen LogP contribution in [0.3, 0.4) is 0 Å². The Morgan fingerprint density at radius 3 is 1.34 bits per heavy atom. The van der Waals surface area contributed by atoms with Gasteiger partial charge in [0.25, 0.3) is 0 Å². The van der Waals surface area contributed by atoms with Crippen molar-refractivity contribution in [2.24, 2.45) is 0 Å². The van der Waals surface area contributed by atoms with Gasteiger partial charge < -0.3 is 23.7 Å². The molecule has 1 aliphatic heterocycles. The van der Waals surface area contributed by atoms with Gasteiger partial charge in [0, 0.05) is 0 Å². The Morgan fingerprint density at radius 2 is 0.902 bits per heavy atom. The van der Waals surface area contributed by atoms with Crippen LogP contribution in [0.15, 0.2) is 121 Å². The molecule has 5 heteroatoms. The molecular formula is C36H36O5. The van der Waals surface area contributed by atoms with Gasteiger partial charge >= 0.3 is 0 Å². The van der Waals surface area contributed by atoms with Crippen molar-refractivity contribution in [3.8, 4) is 12.3 Å². The van der Waals surface area contributed by atoms with E-state index in [1.54, 1.807) is 0 Å². The summed E-state index contributed by atoms with van der Waals surface area (Å²) in [7, 11) is 0. The summed E-state index contributed by atoms with van der Waals surface area (Å²) in [5, 5.41) is 0. The molecule has 1 fully saturated rings. The molecule has 1 saturated heterocycles. The Kier molecular flexibility index (Phi) is 10.7. The van der Waals surface area contributed by atoms with Crippen molar-refractivity contribution in [3.63, 3.8) is 0 Å². The van der Waals surface area contributed by atoms with E-state index in [9.17, 15) is 0 Å². The van der Waals surface area contributed by atoms with Crippen molar-refractivity contribution >= 4 is 0 Å². The Hall–Kier alpha value is -3.76. The highest BCUT2D eigenvalue weighted by Crippen LogP contribution is 2.31. The molecule has 0 radical (unpaired) electrons. The minimum Gasteiger partial charge on any atom is -0.374 e. The molecule has 0 bridgehead atoms. The van der Waals surface area contributed by atoms with Crippen LogP contribution in [0.25, 0.3) is 0 Å². The molecule has 0 saturated carbocycles. The van der Waals surface area contributed by atoms with E-state index in [-0.39, 0.29) is 0 Å². The lowest BCUT2D eigenvalue weighted by molar-refractivity contribution is -0.261. The number of hydrogen-bond acceptors (Lipinski definition) is 5. The molecule has 5 rings (SSSR count). The molecule has 5 atom stereocenters. The van der Waals surface area contributed by atoms with Crippen LogP contribution < -0.4 is 0 Å². The number of benzene rings is 4. The van der Waals surface area contributed by atoms with Crippen LogP contribution in [0.4, 0.5) is 0 Å². The van der Waals surface area contributed by atoms with Crippen LogP contribution in [0.2, 0.25) is 0 Å². The first kappa shape index (κ1) is 28.8. The molecule has 4 aromatic rings. The lowest BCUT2D eigenvalue weighted by Crippen LogP contribution is -2.60. The Bertz CT molecular complexity index is 1320. The summed E-state index contributed by atoms with van der Waals surface area (Å²) < 4.78 is 32.3. The van der Waals surface area contributed by atoms with Gasteiger partial charge in [0.05, 0.1) is 33.0 Å². The average Bonchev–Trinajstić information content (AvgIpc) is 3.04. The van der Waals surface area contributed by atoms with E-state index in [0.29, 0.717) is 33.0 Å². The predicted octanol–water partition coefficient (Wildman–Crippen LogP) is 6.36. The van der Waals surface area contributed by atoms with Gasteiger partial charge in [-0.15, -0.1) is 6.42 Å². The maximum Gasteiger partial charge on any atom is 0.147 e. The third-order valence-corrected chi connectivity index (χ3v) is 7.05. The zero-order chi connectivity index (χ0) is 28.1. The number of ether oxygens (including phenoxy) is 5. The quantitative estimate of drug-likeness (QED) is 0.182. The molecule has 0 amide bonds. The van der Waals surface area contributed by atoms with Gasteiger partial charge in [0.2, 0.25) is 0 Å². The third-order valence-electron chi connectivity index (χ3n) is 7.05. The lowest BCUT2D eigenvalue weighted by atomic mass is 9.94. The molecule has 1 aliphatic rings. The minimum absolute atomic E-state index is 0.295. The van der Waals surface area contributed by atoms with Crippen molar-refractivity contribution in [1.29, 1.82) is 0 Å². The van der Waals surface area contributed by atoms with E-state index in [1.807, 2.05) is 121 Å². The molecule has 210 valence electrons. The van der Waals surface area contributed by atoms with Crippen LogP contribution in [-0.4, -0.2) is 37.1 Å². The van der Waals surface area contributed by atoms with E-state index in [2.05, 4.69) is 5.92 Å². The molecule has 0 aromatic heterocycles. The first-order chi connectivity index (χ1) is 20.3. The fourth-order valence-corrected chi connectivity index (χ4v) is 4.92. The van der Waals surface area contributed by atoms with Gasteiger partial charge in [0.15, 0.2) is 0 Å². The van der Waals surface area contributed by atoms with Crippen molar-refractivity contribution in [2.45, 2.75) is 56.9 Å². The van der Waals surface area contributed by atoms with Gasteiger partial charge in [0.1, 0.15) is 30.5 Å². The van der Waals surface area contributed by atoms with Crippen molar-refractivity contribution in [3.05, 3.63) is 144 Å². The number of hydrogen-bond donors (Lipinski definition) is 0. The van der Waals surface area contributed by atoms with Crippen LogP contribution in [-0.2, 0) is 50.1 Å². The Morgan fingerprint density at radius 1 is 0.512 bits per heavy atom. The zero-order valence-corrected chi connectivity index (χ0v) is 23.1. The maximum absolute atomic E-state index is 6.62. The number of rotatable bonds is 13. The fraction of sp³-hybridized carbons (Fsp3) is 0.278. The van der Waals surface area contributed by atoms with Crippen molar-refractivity contribution in [1.82, 2.24) is 0 Å². The minimum atomic E-state index is -0.638. The van der Waals surface area contributed by atoms with Crippen LogP contribution in [0, 0.1) is 12.3 Å². The average molecular weight is 549 g/mol. The highest BCUT2D eigenvalue weighted by atomic mass is 16.6. The van der Waals surface area contributed by atoms with Crippen LogP contribution >= 0.6 is 0 Å². The van der Waals surface area contributed by atoms with Gasteiger partial charge in [-0.3, -0.25) is 0 Å². The molecule has 0 spiro atoms. The van der Waals surface area contributed by atoms with Gasteiger partial charge in [-0.25, -0.2) is 0 Å². The molecular weight excluding hydrogens is 512 g/mol. The smallest absolute Gasteiger partial charge is 0.147 e. The summed E-state index contributed by atoms with van der Waals surface area (Å²) in [6, 6.07) is 40.2. The van der Waals surface area contributed by atoms with Crippen molar-refractivity contribution in [2.75, 3.05) is 6.61 Å². The summed E-state index contributed by atoms with van der Waals surface area (Å²) in [6.07, 6.45) is 3.41. The van der Waals surface area contributed by atoms with Crippen LogP contribution in [0.5, 0.6) is 0 Å². The van der Waals surface area contributed by atoms with Gasteiger partial charge in [-0.1, -0.05) is 127 Å². The monoisotopic (exact) mass is 548 g/mol. The second-order valence-corrected chi connectivity index (χ2v) is 10.0. The topological polar surface area (TPSA) is 46.2 Å². The van der Waals surface area contributed by atoms with E-state index < -0.39 is 30.5 Å². The Labute approximate surface area is 243 Å². The van der Waals surface area contributed by atoms with Gasteiger partial charge in [-0.05, 0) is 22.3 Å². The van der Waals surface area contributed by atoms with Crippen LogP contribution in [0.1, 0.15) is 22.3 Å². The largest absolute Gasteiger partial charge is 0.374 e. The molecule has 0 unspecified atom stereocenters. The molecule has 41 heavy (non-hydrogen) atoms. The SMILES string of the molecule is C#C[C@H]1O[C@H](COCc2ccccc2)[C@@H](OCc2ccccc2)[C@H](OCc2ccccc2)[C@@H]1OCc1ccccc1. The summed E-state index contributed by atoms with van der Waals surface area (Å²) in [5.74, 6) is 2.81. The van der Waals surface area contributed by atoms with E-state index in [0.717, 1.165) is 22.3 Å². The standard InChI is InChI=1S/C36H36O5/c1-2-32-34(38-24-29-17-9-4-10-18-29)36(40-26-31-21-13-6-14-22-31)35(39-25-30-19-11-5-12-20-30)33(41-32)27-37-23-28-15-7-3-8-16-28/h1,3-22,32-36H,23-27H2/t32-,33-,34-,35-,36-/m1/s1. The second kappa shape index (κ2) is 15.3. The summed E-state index contributed by atoms with van der Waals surface area (Å²) in [4.78, 5) is 0. The highest BCUT2D eigenvalue weighted by Gasteiger charge is 2.48. The summed E-state index contributed by atoms with van der Waals surface area (Å²) in [6.45, 7) is 1.90. The van der Waals surface area contributed by atoms with E-state index in [4.69, 9.17) is 30.1 Å². The normalized spacial score (nSPS) is 22.2. The fourth-order valence-electron chi connectivity index (χ4n) is 4.92. The van der Waals surface area contributed by atoms with Gasteiger partial charge in [-0.2, -0.15) is 0 Å². The highest BCUT2D eigenvalue weighted by molar-refractivity contribution is 5.17.